The zero-order valence-corrected chi connectivity index (χ0v) is 11.8. The molecule has 0 unspecified atom stereocenters. The van der Waals surface area contributed by atoms with E-state index in [-0.39, 0.29) is 11.7 Å². The highest BCUT2D eigenvalue weighted by Gasteiger charge is 2.28. The van der Waals surface area contributed by atoms with Crippen LogP contribution in [-0.4, -0.2) is 52.2 Å². The molecule has 0 bridgehead atoms. The summed E-state index contributed by atoms with van der Waals surface area (Å²) in [6, 6.07) is 0. The van der Waals surface area contributed by atoms with Crippen molar-refractivity contribution in [2.75, 3.05) is 26.2 Å². The van der Waals surface area contributed by atoms with E-state index in [9.17, 15) is 4.79 Å². The maximum atomic E-state index is 11.8. The van der Waals surface area contributed by atoms with Crippen LogP contribution in [0.4, 0.5) is 0 Å². The van der Waals surface area contributed by atoms with Crippen LogP contribution in [0.1, 0.15) is 55.5 Å². The standard InChI is InChI=1S/C13H23N5O/c1-3-18(4-2)9-5-8-14-13(19)12-15-11(16-17-12)10-6-7-10/h10H,3-9H2,1-2H3,(H,14,19)(H,15,16,17). The molecule has 0 aliphatic heterocycles. The number of hydrogen-bond acceptors (Lipinski definition) is 4. The van der Waals surface area contributed by atoms with E-state index in [0.717, 1.165) is 44.7 Å². The molecule has 1 aromatic heterocycles. The summed E-state index contributed by atoms with van der Waals surface area (Å²) in [4.78, 5) is 18.4. The van der Waals surface area contributed by atoms with E-state index in [1.165, 1.54) is 0 Å². The summed E-state index contributed by atoms with van der Waals surface area (Å²) in [6.07, 6.45) is 3.26. The molecule has 1 aliphatic carbocycles. The average molecular weight is 265 g/mol. The lowest BCUT2D eigenvalue weighted by Gasteiger charge is -2.17. The number of carbonyl (C=O) groups is 1. The SMILES string of the molecule is CCN(CC)CCCNC(=O)c1n[nH]c(C2CC2)n1. The van der Waals surface area contributed by atoms with Gasteiger partial charge in [-0.1, -0.05) is 13.8 Å². The molecule has 1 aromatic rings. The second-order valence-electron chi connectivity index (χ2n) is 4.95. The number of rotatable bonds is 8. The molecule has 1 fully saturated rings. The van der Waals surface area contributed by atoms with E-state index in [1.54, 1.807) is 0 Å². The van der Waals surface area contributed by atoms with Crippen LogP contribution in [0.15, 0.2) is 0 Å². The third-order valence-corrected chi connectivity index (χ3v) is 3.50. The van der Waals surface area contributed by atoms with E-state index in [0.29, 0.717) is 12.5 Å². The Morgan fingerprint density at radius 3 is 2.79 bits per heavy atom. The van der Waals surface area contributed by atoms with Gasteiger partial charge in [-0.15, -0.1) is 5.10 Å². The van der Waals surface area contributed by atoms with Crippen LogP contribution in [0.25, 0.3) is 0 Å². The van der Waals surface area contributed by atoms with Crippen LogP contribution in [0.3, 0.4) is 0 Å². The third-order valence-electron chi connectivity index (χ3n) is 3.50. The van der Waals surface area contributed by atoms with Crippen LogP contribution in [-0.2, 0) is 0 Å². The minimum absolute atomic E-state index is 0.178. The first kappa shape index (κ1) is 14.0. The normalized spacial score (nSPS) is 14.9. The molecule has 106 valence electrons. The fourth-order valence-electron chi connectivity index (χ4n) is 2.04. The first-order chi connectivity index (χ1) is 9.24. The molecule has 1 aliphatic rings. The summed E-state index contributed by atoms with van der Waals surface area (Å²) in [5.41, 5.74) is 0. The lowest BCUT2D eigenvalue weighted by molar-refractivity contribution is 0.0942. The number of nitrogens with zero attached hydrogens (tertiary/aromatic N) is 3. The van der Waals surface area contributed by atoms with Gasteiger partial charge in [0.25, 0.3) is 5.91 Å². The Labute approximate surface area is 114 Å². The Balaban J connectivity index is 1.68. The van der Waals surface area contributed by atoms with Gasteiger partial charge in [-0.2, -0.15) is 0 Å². The summed E-state index contributed by atoms with van der Waals surface area (Å²) in [5, 5.41) is 9.67. The smallest absolute Gasteiger partial charge is 0.290 e. The molecule has 0 saturated heterocycles. The second-order valence-corrected chi connectivity index (χ2v) is 4.95. The molecule has 6 heteroatoms. The topological polar surface area (TPSA) is 73.9 Å². The second kappa shape index (κ2) is 6.65. The number of hydrogen-bond donors (Lipinski definition) is 2. The summed E-state index contributed by atoms with van der Waals surface area (Å²) >= 11 is 0. The fraction of sp³-hybridized carbons (Fsp3) is 0.769. The zero-order valence-electron chi connectivity index (χ0n) is 11.8. The van der Waals surface area contributed by atoms with Crippen LogP contribution in [0.2, 0.25) is 0 Å². The third kappa shape index (κ3) is 4.02. The Bertz CT molecular complexity index is 409. The molecule has 2 rings (SSSR count). The Hall–Kier alpha value is -1.43. The highest BCUT2D eigenvalue weighted by molar-refractivity contribution is 5.90. The van der Waals surface area contributed by atoms with Gasteiger partial charge in [-0.3, -0.25) is 9.89 Å². The van der Waals surface area contributed by atoms with Crippen molar-refractivity contribution >= 4 is 5.91 Å². The Morgan fingerprint density at radius 2 is 2.16 bits per heavy atom. The molecule has 0 radical (unpaired) electrons. The monoisotopic (exact) mass is 265 g/mol. The first-order valence-corrected chi connectivity index (χ1v) is 7.17. The van der Waals surface area contributed by atoms with Crippen LogP contribution in [0.5, 0.6) is 0 Å². The van der Waals surface area contributed by atoms with Crippen molar-refractivity contribution in [2.45, 2.75) is 39.0 Å². The highest BCUT2D eigenvalue weighted by Crippen LogP contribution is 2.37. The molecule has 2 N–H and O–H groups in total. The van der Waals surface area contributed by atoms with Crippen molar-refractivity contribution < 1.29 is 4.79 Å². The molecule has 0 spiro atoms. The number of aromatic amines is 1. The zero-order chi connectivity index (χ0) is 13.7. The number of carbonyl (C=O) groups excluding carboxylic acids is 1. The fourth-order valence-corrected chi connectivity index (χ4v) is 2.04. The van der Waals surface area contributed by atoms with E-state index in [2.05, 4.69) is 39.2 Å². The van der Waals surface area contributed by atoms with E-state index in [1.807, 2.05) is 0 Å². The van der Waals surface area contributed by atoms with E-state index >= 15 is 0 Å². The average Bonchev–Trinajstić information content (AvgIpc) is 3.16. The number of amides is 1. The van der Waals surface area contributed by atoms with Crippen molar-refractivity contribution in [3.63, 3.8) is 0 Å². The van der Waals surface area contributed by atoms with Gasteiger partial charge in [0.2, 0.25) is 5.82 Å². The Kier molecular flexibility index (Phi) is 4.90. The maximum Gasteiger partial charge on any atom is 0.290 e. The predicted molar refractivity (Wildman–Crippen MR) is 73.1 cm³/mol. The summed E-state index contributed by atoms with van der Waals surface area (Å²) in [6.45, 7) is 8.08. The maximum absolute atomic E-state index is 11.8. The molecule has 0 aromatic carbocycles. The Morgan fingerprint density at radius 1 is 1.42 bits per heavy atom. The van der Waals surface area contributed by atoms with Crippen LogP contribution >= 0.6 is 0 Å². The summed E-state index contributed by atoms with van der Waals surface area (Å²) in [7, 11) is 0. The van der Waals surface area contributed by atoms with Gasteiger partial charge in [0.1, 0.15) is 5.82 Å². The first-order valence-electron chi connectivity index (χ1n) is 7.17. The van der Waals surface area contributed by atoms with Gasteiger partial charge in [-0.05, 0) is 38.9 Å². The van der Waals surface area contributed by atoms with Crippen LogP contribution < -0.4 is 5.32 Å². The van der Waals surface area contributed by atoms with Gasteiger partial charge < -0.3 is 10.2 Å². The quantitative estimate of drug-likeness (QED) is 0.691. The van der Waals surface area contributed by atoms with Crippen molar-refractivity contribution in [3.8, 4) is 0 Å². The molecule has 1 saturated carbocycles. The van der Waals surface area contributed by atoms with Gasteiger partial charge >= 0.3 is 0 Å². The van der Waals surface area contributed by atoms with E-state index in [4.69, 9.17) is 0 Å². The predicted octanol–water partition coefficient (Wildman–Crippen LogP) is 1.14. The van der Waals surface area contributed by atoms with Crippen molar-refractivity contribution in [2.24, 2.45) is 0 Å². The summed E-state index contributed by atoms with van der Waals surface area (Å²) < 4.78 is 0. The molecule has 1 amide bonds. The number of nitrogens with one attached hydrogen (secondary N) is 2. The molecule has 19 heavy (non-hydrogen) atoms. The van der Waals surface area contributed by atoms with E-state index < -0.39 is 0 Å². The molecular weight excluding hydrogens is 242 g/mol. The molecular formula is C13H23N5O. The lowest BCUT2D eigenvalue weighted by atomic mass is 10.3. The van der Waals surface area contributed by atoms with Gasteiger partial charge in [0.15, 0.2) is 0 Å². The molecule has 6 nitrogen and oxygen atoms in total. The van der Waals surface area contributed by atoms with Gasteiger partial charge in [0.05, 0.1) is 0 Å². The highest BCUT2D eigenvalue weighted by atomic mass is 16.2. The van der Waals surface area contributed by atoms with Gasteiger partial charge in [-0.25, -0.2) is 4.98 Å². The van der Waals surface area contributed by atoms with Crippen molar-refractivity contribution in [1.29, 1.82) is 0 Å². The van der Waals surface area contributed by atoms with Crippen molar-refractivity contribution in [1.82, 2.24) is 25.4 Å². The van der Waals surface area contributed by atoms with Crippen molar-refractivity contribution in [3.05, 3.63) is 11.6 Å². The lowest BCUT2D eigenvalue weighted by Crippen LogP contribution is -2.30. The minimum Gasteiger partial charge on any atom is -0.349 e. The number of aromatic nitrogens is 3. The summed E-state index contributed by atoms with van der Waals surface area (Å²) in [5.74, 6) is 1.44. The minimum atomic E-state index is -0.178. The van der Waals surface area contributed by atoms with Crippen LogP contribution in [0, 0.1) is 0 Å². The number of H-pyrrole nitrogens is 1. The molecule has 0 atom stereocenters. The largest absolute Gasteiger partial charge is 0.349 e. The molecule has 1 heterocycles. The van der Waals surface area contributed by atoms with Gasteiger partial charge in [0, 0.05) is 12.5 Å².